The molecular formula is C16H23NO. The van der Waals surface area contributed by atoms with Crippen molar-refractivity contribution in [3.05, 3.63) is 35.9 Å². The molecule has 0 unspecified atom stereocenters. The summed E-state index contributed by atoms with van der Waals surface area (Å²) in [5.41, 5.74) is 1.25. The lowest BCUT2D eigenvalue weighted by molar-refractivity contribution is -0.133. The van der Waals surface area contributed by atoms with E-state index in [2.05, 4.69) is 30.9 Å². The topological polar surface area (TPSA) is 20.3 Å². The molecule has 2 atom stereocenters. The maximum absolute atomic E-state index is 12.2. The van der Waals surface area contributed by atoms with E-state index in [1.807, 2.05) is 18.2 Å². The number of hydrogen-bond acceptors (Lipinski definition) is 1. The quantitative estimate of drug-likeness (QED) is 0.801. The van der Waals surface area contributed by atoms with Gasteiger partial charge < -0.3 is 4.90 Å². The molecule has 2 rings (SSSR count). The first-order valence-corrected chi connectivity index (χ1v) is 6.97. The molecule has 0 spiro atoms. The van der Waals surface area contributed by atoms with Crippen molar-refractivity contribution < 1.29 is 4.79 Å². The minimum Gasteiger partial charge on any atom is -0.342 e. The molecule has 0 radical (unpaired) electrons. The van der Waals surface area contributed by atoms with Crippen LogP contribution in [0.3, 0.4) is 0 Å². The molecule has 1 saturated heterocycles. The van der Waals surface area contributed by atoms with E-state index in [0.29, 0.717) is 24.2 Å². The minimum atomic E-state index is 0.317. The lowest BCUT2D eigenvalue weighted by Crippen LogP contribution is -2.42. The van der Waals surface area contributed by atoms with Crippen LogP contribution in [-0.4, -0.2) is 23.9 Å². The highest BCUT2D eigenvalue weighted by molar-refractivity contribution is 5.76. The van der Waals surface area contributed by atoms with Gasteiger partial charge in [-0.3, -0.25) is 4.79 Å². The smallest absolute Gasteiger partial charge is 0.222 e. The molecule has 2 heteroatoms. The molecule has 0 bridgehead atoms. The van der Waals surface area contributed by atoms with Gasteiger partial charge in [0.05, 0.1) is 0 Å². The predicted molar refractivity (Wildman–Crippen MR) is 74.3 cm³/mol. The fraction of sp³-hybridized carbons (Fsp3) is 0.562. The van der Waals surface area contributed by atoms with E-state index in [9.17, 15) is 4.79 Å². The largest absolute Gasteiger partial charge is 0.342 e. The van der Waals surface area contributed by atoms with Gasteiger partial charge in [-0.1, -0.05) is 44.2 Å². The number of benzene rings is 1. The summed E-state index contributed by atoms with van der Waals surface area (Å²) in [7, 11) is 0. The van der Waals surface area contributed by atoms with Crippen LogP contribution >= 0.6 is 0 Å². The number of hydrogen-bond donors (Lipinski definition) is 0. The summed E-state index contributed by atoms with van der Waals surface area (Å²) in [6.45, 7) is 6.37. The van der Waals surface area contributed by atoms with Crippen LogP contribution in [0.15, 0.2) is 30.3 Å². The van der Waals surface area contributed by atoms with Gasteiger partial charge in [-0.2, -0.15) is 0 Å². The van der Waals surface area contributed by atoms with Crippen LogP contribution in [0, 0.1) is 11.8 Å². The Labute approximate surface area is 110 Å². The Morgan fingerprint density at radius 1 is 1.17 bits per heavy atom. The Morgan fingerprint density at radius 2 is 1.78 bits per heavy atom. The summed E-state index contributed by atoms with van der Waals surface area (Å²) in [6, 6.07) is 10.3. The molecule has 1 amide bonds. The monoisotopic (exact) mass is 245 g/mol. The summed E-state index contributed by atoms with van der Waals surface area (Å²) in [5.74, 6) is 1.61. The zero-order valence-corrected chi connectivity index (χ0v) is 11.4. The maximum Gasteiger partial charge on any atom is 0.222 e. The molecule has 0 saturated carbocycles. The minimum absolute atomic E-state index is 0.317. The van der Waals surface area contributed by atoms with Crippen LogP contribution in [0.1, 0.15) is 32.3 Å². The van der Waals surface area contributed by atoms with Crippen molar-refractivity contribution in [2.45, 2.75) is 33.1 Å². The summed E-state index contributed by atoms with van der Waals surface area (Å²) in [4.78, 5) is 14.2. The Morgan fingerprint density at radius 3 is 2.39 bits per heavy atom. The first-order valence-electron chi connectivity index (χ1n) is 6.97. The molecule has 1 fully saturated rings. The molecule has 1 aromatic rings. The number of nitrogens with zero attached hydrogens (tertiary/aromatic N) is 1. The van der Waals surface area contributed by atoms with Gasteiger partial charge in [0, 0.05) is 19.5 Å². The van der Waals surface area contributed by atoms with Crippen LogP contribution in [0.25, 0.3) is 0 Å². The van der Waals surface area contributed by atoms with Crippen molar-refractivity contribution in [2.24, 2.45) is 11.8 Å². The number of aryl methyl sites for hydroxylation is 1. The third-order valence-electron chi connectivity index (χ3n) is 3.69. The SMILES string of the molecule is C[C@@H]1C[C@H](C)CN(C(=O)CCc2ccccc2)C1. The predicted octanol–water partition coefficient (Wildman–Crippen LogP) is 3.12. The van der Waals surface area contributed by atoms with E-state index in [0.717, 1.165) is 19.5 Å². The van der Waals surface area contributed by atoms with E-state index in [1.165, 1.54) is 12.0 Å². The molecule has 1 aliphatic heterocycles. The number of carbonyl (C=O) groups excluding carboxylic acids is 1. The van der Waals surface area contributed by atoms with Crippen LogP contribution in [0.2, 0.25) is 0 Å². The fourth-order valence-corrected chi connectivity index (χ4v) is 2.92. The molecule has 1 aliphatic rings. The van der Waals surface area contributed by atoms with E-state index >= 15 is 0 Å². The van der Waals surface area contributed by atoms with Crippen LogP contribution in [-0.2, 0) is 11.2 Å². The highest BCUT2D eigenvalue weighted by atomic mass is 16.2. The first kappa shape index (κ1) is 13.1. The average molecular weight is 245 g/mol. The number of rotatable bonds is 3. The van der Waals surface area contributed by atoms with Gasteiger partial charge in [0.15, 0.2) is 0 Å². The van der Waals surface area contributed by atoms with Gasteiger partial charge in [0.25, 0.3) is 0 Å². The van der Waals surface area contributed by atoms with E-state index < -0.39 is 0 Å². The Hall–Kier alpha value is -1.31. The van der Waals surface area contributed by atoms with Gasteiger partial charge in [0.1, 0.15) is 0 Å². The number of carbonyl (C=O) groups is 1. The molecule has 18 heavy (non-hydrogen) atoms. The second kappa shape index (κ2) is 6.03. The zero-order valence-electron chi connectivity index (χ0n) is 11.4. The molecule has 98 valence electrons. The summed E-state index contributed by atoms with van der Waals surface area (Å²) >= 11 is 0. The van der Waals surface area contributed by atoms with Gasteiger partial charge in [0.2, 0.25) is 5.91 Å². The van der Waals surface area contributed by atoms with Gasteiger partial charge >= 0.3 is 0 Å². The molecule has 1 aromatic carbocycles. The maximum atomic E-state index is 12.2. The van der Waals surface area contributed by atoms with Crippen molar-refractivity contribution >= 4 is 5.91 Å². The van der Waals surface area contributed by atoms with E-state index in [1.54, 1.807) is 0 Å². The second-order valence-corrected chi connectivity index (χ2v) is 5.73. The zero-order chi connectivity index (χ0) is 13.0. The van der Waals surface area contributed by atoms with Crippen molar-refractivity contribution in [1.29, 1.82) is 0 Å². The molecule has 0 aromatic heterocycles. The van der Waals surface area contributed by atoms with Crippen molar-refractivity contribution in [3.8, 4) is 0 Å². The molecule has 0 aliphatic carbocycles. The summed E-state index contributed by atoms with van der Waals surface area (Å²) in [6.07, 6.45) is 2.75. The highest BCUT2D eigenvalue weighted by Gasteiger charge is 2.24. The molecule has 0 N–H and O–H groups in total. The van der Waals surface area contributed by atoms with Crippen molar-refractivity contribution in [2.75, 3.05) is 13.1 Å². The third-order valence-corrected chi connectivity index (χ3v) is 3.69. The Bertz CT molecular complexity index is 377. The van der Waals surface area contributed by atoms with Crippen molar-refractivity contribution in [3.63, 3.8) is 0 Å². The molecular weight excluding hydrogens is 222 g/mol. The standard InChI is InChI=1S/C16H23NO/c1-13-10-14(2)12-17(11-13)16(18)9-8-15-6-4-3-5-7-15/h3-7,13-14H,8-12H2,1-2H3/t13-,14+. The molecule has 2 nitrogen and oxygen atoms in total. The number of amides is 1. The Kier molecular flexibility index (Phi) is 4.40. The number of likely N-dealkylation sites (tertiary alicyclic amines) is 1. The van der Waals surface area contributed by atoms with Gasteiger partial charge in [-0.05, 0) is 30.2 Å². The van der Waals surface area contributed by atoms with Crippen LogP contribution in [0.4, 0.5) is 0 Å². The average Bonchev–Trinajstić information content (AvgIpc) is 2.36. The van der Waals surface area contributed by atoms with E-state index in [-0.39, 0.29) is 0 Å². The van der Waals surface area contributed by atoms with Crippen LogP contribution < -0.4 is 0 Å². The first-order chi connectivity index (χ1) is 8.65. The van der Waals surface area contributed by atoms with Gasteiger partial charge in [-0.25, -0.2) is 0 Å². The Balaban J connectivity index is 1.84. The second-order valence-electron chi connectivity index (χ2n) is 5.73. The lowest BCUT2D eigenvalue weighted by atomic mass is 9.91. The fourth-order valence-electron chi connectivity index (χ4n) is 2.92. The number of piperidine rings is 1. The summed E-state index contributed by atoms with van der Waals surface area (Å²) < 4.78 is 0. The highest BCUT2D eigenvalue weighted by Crippen LogP contribution is 2.21. The molecule has 1 heterocycles. The van der Waals surface area contributed by atoms with Crippen molar-refractivity contribution in [1.82, 2.24) is 4.90 Å². The van der Waals surface area contributed by atoms with Gasteiger partial charge in [-0.15, -0.1) is 0 Å². The van der Waals surface area contributed by atoms with Crippen LogP contribution in [0.5, 0.6) is 0 Å². The normalized spacial score (nSPS) is 24.0. The summed E-state index contributed by atoms with van der Waals surface area (Å²) in [5, 5.41) is 0. The third kappa shape index (κ3) is 3.59. The lowest BCUT2D eigenvalue weighted by Gasteiger charge is -2.35. The van der Waals surface area contributed by atoms with E-state index in [4.69, 9.17) is 0 Å².